The summed E-state index contributed by atoms with van der Waals surface area (Å²) in [6.45, 7) is 0.785. The third kappa shape index (κ3) is 16.5. The van der Waals surface area contributed by atoms with Crippen LogP contribution in [0.3, 0.4) is 0 Å². The summed E-state index contributed by atoms with van der Waals surface area (Å²) in [6, 6.07) is 15.4. The molecule has 0 unspecified atom stereocenters. The fraction of sp³-hybridized carbons (Fsp3) is 0.328. The maximum Gasteiger partial charge on any atom is 0.326 e. The smallest absolute Gasteiger partial charge is 0.326 e. The van der Waals surface area contributed by atoms with Crippen molar-refractivity contribution in [2.24, 2.45) is 11.5 Å². The molecule has 18 N–H and O–H groups in total. The predicted octanol–water partition coefficient (Wildman–Crippen LogP) is 0.147. The Morgan fingerprint density at radius 3 is 1.59 bits per heavy atom. The lowest BCUT2D eigenvalue weighted by Gasteiger charge is -2.30. The number of rotatable bonds is 30. The summed E-state index contributed by atoms with van der Waals surface area (Å²) in [6.07, 6.45) is 4.87. The second kappa shape index (κ2) is 30.1. The van der Waals surface area contributed by atoms with Crippen LogP contribution >= 0.6 is 0 Å². The molecule has 0 spiro atoms. The van der Waals surface area contributed by atoms with Crippen LogP contribution in [0.2, 0.25) is 0 Å². The number of H-pyrrole nitrogens is 4. The molecule has 4 aromatic carbocycles. The first-order valence-corrected chi connectivity index (χ1v) is 29.9. The Balaban J connectivity index is 0.974. The number of carboxylic acids is 1. The number of phenols is 1. The van der Waals surface area contributed by atoms with Gasteiger partial charge in [0, 0.05) is 108 Å². The number of carbonyl (C=O) groups excluding carboxylic acids is 9. The number of hydrogen-bond donors (Lipinski definition) is 16. The second-order valence-electron chi connectivity index (χ2n) is 22.7. The van der Waals surface area contributed by atoms with Crippen molar-refractivity contribution in [3.8, 4) is 5.75 Å². The minimum atomic E-state index is -1.76. The number of nitrogens with one attached hydrogen (secondary N) is 11. The SMILES string of the molecule is C[C@@H](O)[C@H](NC(=O)[C@H](Cc1ccc(O)cc1)NC(=O)CN)C(=O)N[C@@H](Cc1c[nH]c2ccccc12)C(=O)N[C@@H](CCC(N)=O)C(=O)N[C@@H](Cc1c[nH]c2ccccc12)C(=O)N[C@@H](Cc1cnc[nH]1)C(=O)N1CCC[C@H]1C(=O)N[C@@H](Cc1c[nH]c2ccccc12)C(=O)O. The van der Waals surface area contributed by atoms with Gasteiger partial charge in [0.2, 0.25) is 53.2 Å². The molecular formula is C64H73N15O13. The van der Waals surface area contributed by atoms with Crippen LogP contribution in [0.5, 0.6) is 5.75 Å². The van der Waals surface area contributed by atoms with Crippen LogP contribution in [-0.4, -0.2) is 172 Å². The highest BCUT2D eigenvalue weighted by Crippen LogP contribution is 2.25. The van der Waals surface area contributed by atoms with Gasteiger partial charge in [0.25, 0.3) is 0 Å². The Bertz CT molecular complexity index is 3970. The van der Waals surface area contributed by atoms with Gasteiger partial charge in [-0.1, -0.05) is 66.7 Å². The van der Waals surface area contributed by atoms with Crippen molar-refractivity contribution in [1.29, 1.82) is 0 Å². The van der Waals surface area contributed by atoms with E-state index in [0.29, 0.717) is 56.2 Å². The van der Waals surface area contributed by atoms with Crippen molar-refractivity contribution in [1.82, 2.24) is 67.0 Å². The number of imidazole rings is 1. The number of primary amides is 1. The number of benzene rings is 4. The number of carbonyl (C=O) groups is 10. The maximum absolute atomic E-state index is 15.1. The van der Waals surface area contributed by atoms with E-state index in [-0.39, 0.29) is 50.8 Å². The van der Waals surface area contributed by atoms with Crippen molar-refractivity contribution in [3.63, 3.8) is 0 Å². The normalized spacial score (nSPS) is 15.6. The Hall–Kier alpha value is -10.9. The molecule has 482 valence electrons. The number of aliphatic carboxylic acids is 1. The third-order valence-electron chi connectivity index (χ3n) is 16.2. The maximum atomic E-state index is 15.1. The number of likely N-dealkylation sites (tertiary alicyclic amines) is 1. The van der Waals surface area contributed by atoms with E-state index in [9.17, 15) is 53.7 Å². The number of carboxylic acid groups (broad SMARTS) is 1. The van der Waals surface area contributed by atoms with Gasteiger partial charge in [0.1, 0.15) is 54.1 Å². The standard InChI is InChI=1S/C64H73N15O13/c1-34(80)56(78-60(87)48(72-55(83)28-65)23-35-16-18-40(81)19-17-35)62(89)75-50(25-37-30-69-45-13-6-3-10-42(37)45)58(85)73-47(20-21-54(66)82)57(84)74-49(24-36-29-68-44-12-5-2-9-41(36)44)59(86)76-51(27-39-32-67-33-71-39)63(90)79-22-8-15-53(79)61(88)77-52(64(91)92)26-38-31-70-46-14-7-4-11-43(38)46/h2-7,9-14,16-19,29-34,47-53,56,68-70,80-81H,8,15,20-28,65H2,1H3,(H2,66,82)(H,67,71)(H,72,83)(H,73,85)(H,74,84)(H,75,89)(H,76,86)(H,77,88)(H,78,87)(H,91,92)/t34-,47+,48+,49+,50+,51+,52+,53+,56+/m1/s1. The molecule has 28 nitrogen and oxygen atoms in total. The molecule has 1 aliphatic heterocycles. The molecule has 28 heteroatoms. The van der Waals surface area contributed by atoms with E-state index >= 15 is 9.59 Å². The number of hydrogen-bond acceptors (Lipinski definition) is 14. The lowest BCUT2D eigenvalue weighted by atomic mass is 10.0. The summed E-state index contributed by atoms with van der Waals surface area (Å²) in [5.41, 5.74) is 15.9. The van der Waals surface area contributed by atoms with Gasteiger partial charge in [-0.05, 0) is 78.8 Å². The molecule has 4 aromatic heterocycles. The van der Waals surface area contributed by atoms with Crippen molar-refractivity contribution in [2.45, 2.75) is 119 Å². The number of para-hydroxylation sites is 3. The number of nitrogens with two attached hydrogens (primary N) is 2. The molecule has 0 saturated carbocycles. The number of aromatic amines is 4. The summed E-state index contributed by atoms with van der Waals surface area (Å²) in [7, 11) is 0. The average Bonchev–Trinajstić information content (AvgIpc) is 1.76. The Morgan fingerprint density at radius 1 is 0.587 bits per heavy atom. The topological polar surface area (TPSA) is 447 Å². The summed E-state index contributed by atoms with van der Waals surface area (Å²) in [5.74, 6) is -9.23. The fourth-order valence-corrected chi connectivity index (χ4v) is 11.4. The van der Waals surface area contributed by atoms with Gasteiger partial charge in [-0.15, -0.1) is 0 Å². The lowest BCUT2D eigenvalue weighted by Crippen LogP contribution is -2.62. The van der Waals surface area contributed by atoms with E-state index in [0.717, 1.165) is 10.9 Å². The summed E-state index contributed by atoms with van der Waals surface area (Å²) >= 11 is 0. The molecule has 5 heterocycles. The van der Waals surface area contributed by atoms with Crippen LogP contribution in [0.25, 0.3) is 32.7 Å². The highest BCUT2D eigenvalue weighted by atomic mass is 16.4. The number of phenolic OH excluding ortho intramolecular Hbond substituents is 1. The van der Waals surface area contributed by atoms with Crippen LogP contribution in [-0.2, 0) is 80.0 Å². The number of nitrogens with zero attached hydrogens (tertiary/aromatic N) is 2. The second-order valence-corrected chi connectivity index (χ2v) is 22.7. The van der Waals surface area contributed by atoms with E-state index in [1.165, 1.54) is 48.6 Å². The van der Waals surface area contributed by atoms with E-state index in [2.05, 4.69) is 62.1 Å². The number of aromatic nitrogens is 5. The highest BCUT2D eigenvalue weighted by Gasteiger charge is 2.41. The predicted molar refractivity (Wildman–Crippen MR) is 335 cm³/mol. The first kappa shape index (κ1) is 65.6. The molecule has 0 radical (unpaired) electrons. The molecule has 9 rings (SSSR count). The first-order chi connectivity index (χ1) is 44.2. The van der Waals surface area contributed by atoms with E-state index in [1.807, 2.05) is 24.3 Å². The fourth-order valence-electron chi connectivity index (χ4n) is 11.4. The minimum absolute atomic E-state index is 0.0558. The van der Waals surface area contributed by atoms with Gasteiger partial charge >= 0.3 is 5.97 Å². The minimum Gasteiger partial charge on any atom is -0.508 e. The zero-order chi connectivity index (χ0) is 65.6. The van der Waals surface area contributed by atoms with E-state index in [1.54, 1.807) is 67.1 Å². The number of amides is 9. The van der Waals surface area contributed by atoms with Gasteiger partial charge in [-0.3, -0.25) is 43.2 Å². The first-order valence-electron chi connectivity index (χ1n) is 29.9. The summed E-state index contributed by atoms with van der Waals surface area (Å²) in [5, 5.41) is 51.8. The number of aliphatic hydroxyl groups is 1. The van der Waals surface area contributed by atoms with Crippen LogP contribution in [0.15, 0.2) is 128 Å². The summed E-state index contributed by atoms with van der Waals surface area (Å²) in [4.78, 5) is 158. The molecule has 0 aliphatic carbocycles. The van der Waals surface area contributed by atoms with Crippen LogP contribution in [0, 0.1) is 0 Å². The monoisotopic (exact) mass is 1260 g/mol. The van der Waals surface area contributed by atoms with E-state index < -0.39 is 133 Å². The molecule has 1 fully saturated rings. The number of aromatic hydroxyl groups is 1. The molecule has 8 aromatic rings. The zero-order valence-electron chi connectivity index (χ0n) is 50.1. The Kier molecular flexibility index (Phi) is 21.4. The Morgan fingerprint density at radius 2 is 1.08 bits per heavy atom. The van der Waals surface area contributed by atoms with Crippen LogP contribution in [0.4, 0.5) is 0 Å². The summed E-state index contributed by atoms with van der Waals surface area (Å²) < 4.78 is 0. The lowest BCUT2D eigenvalue weighted by molar-refractivity contribution is -0.145. The third-order valence-corrected chi connectivity index (χ3v) is 16.2. The zero-order valence-corrected chi connectivity index (χ0v) is 50.1. The van der Waals surface area contributed by atoms with Crippen molar-refractivity contribution in [3.05, 3.63) is 156 Å². The molecule has 1 saturated heterocycles. The average molecular weight is 1260 g/mol. The molecule has 0 bridgehead atoms. The van der Waals surface area contributed by atoms with Gasteiger partial charge in [0.15, 0.2) is 0 Å². The van der Waals surface area contributed by atoms with Crippen molar-refractivity contribution < 1.29 is 63.3 Å². The molecule has 92 heavy (non-hydrogen) atoms. The van der Waals surface area contributed by atoms with Gasteiger partial charge in [0.05, 0.1) is 19.0 Å². The van der Waals surface area contributed by atoms with Crippen molar-refractivity contribution in [2.75, 3.05) is 13.1 Å². The number of fused-ring (bicyclic) bond motifs is 3. The molecule has 9 amide bonds. The molecular weight excluding hydrogens is 1190 g/mol. The van der Waals surface area contributed by atoms with Gasteiger partial charge < -0.3 is 88.8 Å². The van der Waals surface area contributed by atoms with Crippen molar-refractivity contribution >= 4 is 91.8 Å². The molecule has 9 atom stereocenters. The van der Waals surface area contributed by atoms with Crippen LogP contribution < -0.4 is 48.7 Å². The van der Waals surface area contributed by atoms with Crippen LogP contribution in [0.1, 0.15) is 60.6 Å². The molecule has 1 aliphatic rings. The van der Waals surface area contributed by atoms with E-state index in [4.69, 9.17) is 11.5 Å². The largest absolute Gasteiger partial charge is 0.508 e. The quantitative estimate of drug-likeness (QED) is 0.0285. The Labute approximate surface area is 525 Å². The highest BCUT2D eigenvalue weighted by molar-refractivity contribution is 5.99. The van der Waals surface area contributed by atoms with Gasteiger partial charge in [-0.2, -0.15) is 0 Å². The van der Waals surface area contributed by atoms with Gasteiger partial charge in [-0.25, -0.2) is 9.78 Å². The number of aliphatic hydroxyl groups excluding tert-OH is 1.